The minimum absolute atomic E-state index is 0.0491. The van der Waals surface area contributed by atoms with Gasteiger partial charge in [-0.2, -0.15) is 22.9 Å². The maximum Gasteiger partial charge on any atom is 0.453 e. The highest BCUT2D eigenvalue weighted by atomic mass is 19.4. The van der Waals surface area contributed by atoms with E-state index in [1.165, 1.54) is 6.07 Å². The molecule has 0 N–H and O–H groups in total. The molecule has 1 saturated heterocycles. The first-order valence-electron chi connectivity index (χ1n) is 8.98. The Balaban J connectivity index is 1.40. The van der Waals surface area contributed by atoms with Crippen molar-refractivity contribution in [3.8, 4) is 11.9 Å². The lowest BCUT2D eigenvalue weighted by Crippen LogP contribution is -2.36. The Morgan fingerprint density at radius 3 is 2.69 bits per heavy atom. The molecule has 0 unspecified atom stereocenters. The molecular formula is C18H16F3N7O. The molecule has 29 heavy (non-hydrogen) atoms. The molecule has 1 fully saturated rings. The van der Waals surface area contributed by atoms with Crippen molar-refractivity contribution in [3.63, 3.8) is 0 Å². The average molecular weight is 403 g/mol. The van der Waals surface area contributed by atoms with E-state index < -0.39 is 12.0 Å². The van der Waals surface area contributed by atoms with Crippen molar-refractivity contribution in [3.05, 3.63) is 41.9 Å². The Kier molecular flexibility index (Phi) is 4.92. The molecule has 0 radical (unpaired) electrons. The van der Waals surface area contributed by atoms with Crippen molar-refractivity contribution in [2.75, 3.05) is 24.6 Å². The number of aromatic nitrogens is 5. The number of nitrogens with zero attached hydrogens (tertiary/aromatic N) is 7. The van der Waals surface area contributed by atoms with E-state index in [1.807, 2.05) is 11.0 Å². The van der Waals surface area contributed by atoms with Crippen LogP contribution in [0, 0.1) is 17.2 Å². The van der Waals surface area contributed by atoms with Crippen molar-refractivity contribution in [1.82, 2.24) is 24.8 Å². The lowest BCUT2D eigenvalue weighted by Gasteiger charge is -2.32. The van der Waals surface area contributed by atoms with Gasteiger partial charge in [0, 0.05) is 19.3 Å². The van der Waals surface area contributed by atoms with Gasteiger partial charge in [-0.15, -0.1) is 15.3 Å². The largest absolute Gasteiger partial charge is 0.476 e. The van der Waals surface area contributed by atoms with Crippen LogP contribution in [0.3, 0.4) is 0 Å². The van der Waals surface area contributed by atoms with Crippen molar-refractivity contribution < 1.29 is 17.9 Å². The zero-order valence-corrected chi connectivity index (χ0v) is 15.2. The molecular weight excluding hydrogens is 387 g/mol. The van der Waals surface area contributed by atoms with Crippen LogP contribution >= 0.6 is 0 Å². The lowest BCUT2D eigenvalue weighted by atomic mass is 9.98. The molecule has 3 aromatic rings. The van der Waals surface area contributed by atoms with Gasteiger partial charge in [0.1, 0.15) is 17.5 Å². The van der Waals surface area contributed by atoms with E-state index in [0.29, 0.717) is 37.0 Å². The molecule has 4 heterocycles. The van der Waals surface area contributed by atoms with Crippen LogP contribution in [0.25, 0.3) is 5.65 Å². The molecule has 4 rings (SSSR count). The topological polar surface area (TPSA) is 92.2 Å². The summed E-state index contributed by atoms with van der Waals surface area (Å²) in [4.78, 5) is 6.00. The summed E-state index contributed by atoms with van der Waals surface area (Å²) in [6, 6.07) is 8.49. The Hall–Kier alpha value is -3.42. The van der Waals surface area contributed by atoms with Crippen LogP contribution in [0.4, 0.5) is 19.0 Å². The first-order valence-corrected chi connectivity index (χ1v) is 8.98. The van der Waals surface area contributed by atoms with Gasteiger partial charge in [0.25, 0.3) is 5.82 Å². The molecule has 0 aromatic carbocycles. The minimum Gasteiger partial charge on any atom is -0.476 e. The SMILES string of the molecule is N#Cc1cccnc1OCC1CCN(c2ccc3nnc(C(F)(F)F)n3n2)CC1. The quantitative estimate of drug-likeness (QED) is 0.661. The smallest absolute Gasteiger partial charge is 0.453 e. The number of halogens is 3. The lowest BCUT2D eigenvalue weighted by molar-refractivity contribution is -0.146. The first-order chi connectivity index (χ1) is 14.0. The highest BCUT2D eigenvalue weighted by Crippen LogP contribution is 2.29. The Bertz CT molecular complexity index is 1050. The van der Waals surface area contributed by atoms with Crippen LogP contribution in [0.5, 0.6) is 5.88 Å². The summed E-state index contributed by atoms with van der Waals surface area (Å²) in [5, 5.41) is 19.9. The molecule has 1 aliphatic heterocycles. The van der Waals surface area contributed by atoms with Crippen LogP contribution in [-0.4, -0.2) is 44.5 Å². The normalized spacial score (nSPS) is 15.4. The molecule has 0 aliphatic carbocycles. The molecule has 0 atom stereocenters. The Morgan fingerprint density at radius 2 is 1.97 bits per heavy atom. The van der Waals surface area contributed by atoms with Gasteiger partial charge in [-0.1, -0.05) is 0 Å². The number of piperidine rings is 1. The summed E-state index contributed by atoms with van der Waals surface area (Å²) in [5.41, 5.74) is 0.435. The maximum atomic E-state index is 13.0. The van der Waals surface area contributed by atoms with Crippen LogP contribution in [0.2, 0.25) is 0 Å². The van der Waals surface area contributed by atoms with Gasteiger partial charge in [0.2, 0.25) is 5.88 Å². The number of rotatable bonds is 4. The van der Waals surface area contributed by atoms with E-state index in [4.69, 9.17) is 10.00 Å². The maximum absolute atomic E-state index is 13.0. The van der Waals surface area contributed by atoms with E-state index in [-0.39, 0.29) is 11.6 Å². The number of fused-ring (bicyclic) bond motifs is 1. The molecule has 11 heteroatoms. The average Bonchev–Trinajstić information content (AvgIpc) is 3.16. The third kappa shape index (κ3) is 3.91. The molecule has 0 spiro atoms. The number of ether oxygens (including phenoxy) is 1. The third-order valence-electron chi connectivity index (χ3n) is 4.79. The molecule has 3 aromatic heterocycles. The predicted molar refractivity (Wildman–Crippen MR) is 95.2 cm³/mol. The first kappa shape index (κ1) is 18.9. The number of pyridine rings is 1. The number of nitriles is 1. The number of hydrogen-bond acceptors (Lipinski definition) is 7. The zero-order chi connectivity index (χ0) is 20.4. The third-order valence-corrected chi connectivity index (χ3v) is 4.79. The van der Waals surface area contributed by atoms with Gasteiger partial charge in [-0.05, 0) is 43.0 Å². The molecule has 0 bridgehead atoms. The van der Waals surface area contributed by atoms with Crippen molar-refractivity contribution in [2.45, 2.75) is 19.0 Å². The molecule has 1 aliphatic rings. The second-order valence-electron chi connectivity index (χ2n) is 6.69. The molecule has 8 nitrogen and oxygen atoms in total. The second kappa shape index (κ2) is 7.54. The van der Waals surface area contributed by atoms with E-state index in [0.717, 1.165) is 17.4 Å². The van der Waals surface area contributed by atoms with Gasteiger partial charge >= 0.3 is 6.18 Å². The summed E-state index contributed by atoms with van der Waals surface area (Å²) in [5.74, 6) is -0.124. The van der Waals surface area contributed by atoms with Gasteiger partial charge in [0.05, 0.1) is 6.61 Å². The summed E-state index contributed by atoms with van der Waals surface area (Å²) in [7, 11) is 0. The number of alkyl halides is 3. The van der Waals surface area contributed by atoms with Crippen LogP contribution in [0.15, 0.2) is 30.5 Å². The van der Waals surface area contributed by atoms with Crippen LogP contribution in [0.1, 0.15) is 24.2 Å². The Morgan fingerprint density at radius 1 is 1.17 bits per heavy atom. The van der Waals surface area contributed by atoms with Crippen molar-refractivity contribution in [2.24, 2.45) is 5.92 Å². The Labute approximate surface area is 163 Å². The second-order valence-corrected chi connectivity index (χ2v) is 6.69. The predicted octanol–water partition coefficient (Wildman–Crippen LogP) is 2.71. The molecule has 0 saturated carbocycles. The highest BCUT2D eigenvalue weighted by Gasteiger charge is 2.38. The summed E-state index contributed by atoms with van der Waals surface area (Å²) >= 11 is 0. The van der Waals surface area contributed by atoms with Gasteiger partial charge < -0.3 is 9.64 Å². The van der Waals surface area contributed by atoms with Gasteiger partial charge in [0.15, 0.2) is 5.65 Å². The van der Waals surface area contributed by atoms with E-state index in [2.05, 4.69) is 20.3 Å². The monoisotopic (exact) mass is 403 g/mol. The fourth-order valence-electron chi connectivity index (χ4n) is 3.24. The summed E-state index contributed by atoms with van der Waals surface area (Å²) in [6.45, 7) is 1.68. The fourth-order valence-corrected chi connectivity index (χ4v) is 3.24. The van der Waals surface area contributed by atoms with E-state index in [1.54, 1.807) is 24.4 Å². The fraction of sp³-hybridized carbons (Fsp3) is 0.389. The van der Waals surface area contributed by atoms with E-state index >= 15 is 0 Å². The van der Waals surface area contributed by atoms with Crippen LogP contribution in [-0.2, 0) is 6.18 Å². The minimum atomic E-state index is -4.62. The number of anilines is 1. The van der Waals surface area contributed by atoms with Gasteiger partial charge in [-0.25, -0.2) is 4.98 Å². The van der Waals surface area contributed by atoms with E-state index in [9.17, 15) is 13.2 Å². The zero-order valence-electron chi connectivity index (χ0n) is 15.2. The molecule has 0 amide bonds. The molecule has 150 valence electrons. The summed E-state index contributed by atoms with van der Waals surface area (Å²) in [6.07, 6.45) is -1.49. The van der Waals surface area contributed by atoms with Crippen molar-refractivity contribution >= 4 is 11.5 Å². The number of hydrogen-bond donors (Lipinski definition) is 0. The standard InChI is InChI=1S/C18H16F3N7O/c19-18(20,21)17-25-24-14-3-4-15(26-28(14)17)27-8-5-12(6-9-27)11-29-16-13(10-22)2-1-7-23-16/h1-4,7,12H,5-6,8-9,11H2. The summed E-state index contributed by atoms with van der Waals surface area (Å²) < 4.78 is 45.5. The van der Waals surface area contributed by atoms with Gasteiger partial charge in [-0.3, -0.25) is 0 Å². The van der Waals surface area contributed by atoms with Crippen LogP contribution < -0.4 is 9.64 Å². The van der Waals surface area contributed by atoms with Crippen molar-refractivity contribution in [1.29, 1.82) is 5.26 Å². The highest BCUT2D eigenvalue weighted by molar-refractivity contribution is 5.46.